The molecule has 0 radical (unpaired) electrons. The van der Waals surface area contributed by atoms with Crippen LogP contribution in [0, 0.1) is 0 Å². The molecule has 2 aliphatic carbocycles. The fourth-order valence-electron chi connectivity index (χ4n) is 10.8. The topological polar surface area (TPSA) is 3.24 Å². The molecule has 0 heterocycles. The summed E-state index contributed by atoms with van der Waals surface area (Å²) in [6, 6.07) is 83.3. The molecule has 0 N–H and O–H groups in total. The van der Waals surface area contributed by atoms with Gasteiger partial charge in [-0.15, -0.1) is 0 Å². The maximum absolute atomic E-state index is 2.47. The molecule has 310 valence electrons. The standard InChI is InChI=1S/C64H49N/c1-63(2)59-38-50(43-15-9-6-10-16-43)27-33-55(59)57-35-31-53(40-61(57)63)65(52-29-25-47(26-30-52)49-24-23-44-17-11-12-18-48(44)37-49)54-32-36-58-56-34-28-51(39-60(56)64(3,4)62(58)41-54)46-21-19-45(20-22-46)42-13-7-5-8-14-42/h5-41H,1-4H3. The van der Waals surface area contributed by atoms with Crippen molar-refractivity contribution in [3.05, 3.63) is 247 Å². The smallest absolute Gasteiger partial charge is 0.0465 e. The van der Waals surface area contributed by atoms with Crippen molar-refractivity contribution in [2.24, 2.45) is 0 Å². The number of rotatable bonds is 7. The van der Waals surface area contributed by atoms with Crippen molar-refractivity contribution in [3.8, 4) is 66.8 Å². The fourth-order valence-corrected chi connectivity index (χ4v) is 10.8. The van der Waals surface area contributed by atoms with E-state index in [-0.39, 0.29) is 10.8 Å². The van der Waals surface area contributed by atoms with Gasteiger partial charge in [0.1, 0.15) is 0 Å². The van der Waals surface area contributed by atoms with Crippen LogP contribution in [0.15, 0.2) is 224 Å². The second-order valence-corrected chi connectivity index (χ2v) is 19.0. The number of fused-ring (bicyclic) bond motifs is 7. The molecule has 2 aliphatic rings. The van der Waals surface area contributed by atoms with Gasteiger partial charge in [-0.2, -0.15) is 0 Å². The van der Waals surface area contributed by atoms with E-state index in [0.717, 1.165) is 17.1 Å². The van der Waals surface area contributed by atoms with E-state index in [2.05, 4.69) is 257 Å². The summed E-state index contributed by atoms with van der Waals surface area (Å²) >= 11 is 0. The summed E-state index contributed by atoms with van der Waals surface area (Å²) in [4.78, 5) is 2.47. The van der Waals surface area contributed by atoms with Gasteiger partial charge in [-0.1, -0.05) is 198 Å². The van der Waals surface area contributed by atoms with E-state index in [1.54, 1.807) is 0 Å². The summed E-state index contributed by atoms with van der Waals surface area (Å²) in [6.07, 6.45) is 0. The van der Waals surface area contributed by atoms with Crippen LogP contribution in [0.25, 0.3) is 77.5 Å². The van der Waals surface area contributed by atoms with Crippen LogP contribution in [-0.2, 0) is 10.8 Å². The Morgan fingerprint density at radius 2 is 0.569 bits per heavy atom. The van der Waals surface area contributed by atoms with E-state index in [0.29, 0.717) is 0 Å². The lowest BCUT2D eigenvalue weighted by Gasteiger charge is -2.30. The zero-order chi connectivity index (χ0) is 43.9. The Balaban J connectivity index is 0.942. The van der Waals surface area contributed by atoms with Gasteiger partial charge in [-0.25, -0.2) is 0 Å². The molecule has 65 heavy (non-hydrogen) atoms. The molecule has 0 atom stereocenters. The predicted molar refractivity (Wildman–Crippen MR) is 276 cm³/mol. The summed E-state index contributed by atoms with van der Waals surface area (Å²) in [5.74, 6) is 0. The van der Waals surface area contributed by atoms with E-state index < -0.39 is 0 Å². The van der Waals surface area contributed by atoms with Crippen molar-refractivity contribution >= 4 is 27.8 Å². The highest BCUT2D eigenvalue weighted by atomic mass is 15.1. The fraction of sp³-hybridized carbons (Fsp3) is 0.0938. The van der Waals surface area contributed by atoms with Gasteiger partial charge in [0.25, 0.3) is 0 Å². The first-order valence-electron chi connectivity index (χ1n) is 22.9. The molecule has 0 saturated carbocycles. The maximum atomic E-state index is 2.47. The summed E-state index contributed by atoms with van der Waals surface area (Å²) in [7, 11) is 0. The van der Waals surface area contributed by atoms with E-state index in [1.807, 2.05) is 0 Å². The summed E-state index contributed by atoms with van der Waals surface area (Å²) in [5.41, 5.74) is 23.6. The highest BCUT2D eigenvalue weighted by Crippen LogP contribution is 2.54. The third-order valence-corrected chi connectivity index (χ3v) is 14.5. The predicted octanol–water partition coefficient (Wildman–Crippen LogP) is 17.6. The molecule has 0 aromatic heterocycles. The molecule has 0 amide bonds. The van der Waals surface area contributed by atoms with Crippen molar-refractivity contribution < 1.29 is 0 Å². The highest BCUT2D eigenvalue weighted by Gasteiger charge is 2.38. The van der Waals surface area contributed by atoms with Crippen LogP contribution < -0.4 is 4.90 Å². The van der Waals surface area contributed by atoms with Crippen molar-refractivity contribution in [3.63, 3.8) is 0 Å². The first-order valence-corrected chi connectivity index (χ1v) is 22.9. The first kappa shape index (κ1) is 38.9. The quantitative estimate of drug-likeness (QED) is 0.155. The highest BCUT2D eigenvalue weighted by molar-refractivity contribution is 5.91. The lowest BCUT2D eigenvalue weighted by Crippen LogP contribution is -2.18. The maximum Gasteiger partial charge on any atom is 0.0465 e. The first-order chi connectivity index (χ1) is 31.7. The van der Waals surface area contributed by atoms with Crippen molar-refractivity contribution in [1.29, 1.82) is 0 Å². The van der Waals surface area contributed by atoms with Crippen molar-refractivity contribution in [1.82, 2.24) is 0 Å². The molecule has 0 bridgehead atoms. The van der Waals surface area contributed by atoms with Gasteiger partial charge in [0.2, 0.25) is 0 Å². The van der Waals surface area contributed by atoms with Crippen LogP contribution in [0.3, 0.4) is 0 Å². The molecule has 0 unspecified atom stereocenters. The van der Waals surface area contributed by atoms with Gasteiger partial charge < -0.3 is 4.90 Å². The third kappa shape index (κ3) is 6.45. The molecule has 0 spiro atoms. The molecule has 0 fully saturated rings. The van der Waals surface area contributed by atoms with Crippen molar-refractivity contribution in [2.75, 3.05) is 4.90 Å². The van der Waals surface area contributed by atoms with Gasteiger partial charge in [-0.05, 0) is 154 Å². The molecule has 12 rings (SSSR count). The average Bonchev–Trinajstić information content (AvgIpc) is 3.72. The summed E-state index contributed by atoms with van der Waals surface area (Å²) < 4.78 is 0. The normalized spacial score (nSPS) is 13.8. The minimum Gasteiger partial charge on any atom is -0.310 e. The minimum absolute atomic E-state index is 0.182. The Labute approximate surface area is 383 Å². The molecule has 1 heteroatoms. The van der Waals surface area contributed by atoms with Gasteiger partial charge in [0.05, 0.1) is 0 Å². The molecular weight excluding hydrogens is 783 g/mol. The van der Waals surface area contributed by atoms with Crippen LogP contribution in [0.5, 0.6) is 0 Å². The Kier molecular flexibility index (Phi) is 8.94. The molecule has 10 aromatic carbocycles. The number of benzene rings is 10. The Hall–Kier alpha value is -7.74. The lowest BCUT2D eigenvalue weighted by molar-refractivity contribution is 0.660. The summed E-state index contributed by atoms with van der Waals surface area (Å²) in [6.45, 7) is 9.57. The van der Waals surface area contributed by atoms with Crippen LogP contribution in [0.2, 0.25) is 0 Å². The zero-order valence-electron chi connectivity index (χ0n) is 37.3. The lowest BCUT2D eigenvalue weighted by atomic mass is 9.81. The third-order valence-electron chi connectivity index (χ3n) is 14.5. The van der Waals surface area contributed by atoms with Gasteiger partial charge >= 0.3 is 0 Å². The Morgan fingerprint density at radius 1 is 0.246 bits per heavy atom. The number of hydrogen-bond acceptors (Lipinski definition) is 1. The molecule has 0 saturated heterocycles. The number of anilines is 3. The number of hydrogen-bond donors (Lipinski definition) is 0. The van der Waals surface area contributed by atoms with E-state index in [4.69, 9.17) is 0 Å². The van der Waals surface area contributed by atoms with Crippen molar-refractivity contribution in [2.45, 2.75) is 38.5 Å². The molecule has 1 nitrogen and oxygen atoms in total. The molecule has 10 aromatic rings. The van der Waals surface area contributed by atoms with E-state index in [1.165, 1.54) is 99.8 Å². The molecular formula is C64H49N. The van der Waals surface area contributed by atoms with Crippen LogP contribution in [0.1, 0.15) is 49.9 Å². The van der Waals surface area contributed by atoms with E-state index in [9.17, 15) is 0 Å². The monoisotopic (exact) mass is 831 g/mol. The Morgan fingerprint density at radius 3 is 1.08 bits per heavy atom. The second-order valence-electron chi connectivity index (χ2n) is 19.0. The average molecular weight is 832 g/mol. The SMILES string of the molecule is CC1(C)c2cc(-c3ccccc3)ccc2-c2ccc(N(c3ccc(-c4ccc5ccccc5c4)cc3)c3ccc4c(c3)C(C)(C)c3cc(-c5ccc(-c6ccccc6)cc5)ccc3-4)cc21. The Bertz CT molecular complexity index is 3450. The molecule has 0 aliphatic heterocycles. The largest absolute Gasteiger partial charge is 0.310 e. The van der Waals surface area contributed by atoms with Gasteiger partial charge in [0, 0.05) is 27.9 Å². The van der Waals surface area contributed by atoms with Gasteiger partial charge in [-0.3, -0.25) is 0 Å². The zero-order valence-corrected chi connectivity index (χ0v) is 37.3. The summed E-state index contributed by atoms with van der Waals surface area (Å²) in [5, 5.41) is 2.51. The number of nitrogens with zero attached hydrogens (tertiary/aromatic N) is 1. The minimum atomic E-state index is -0.204. The van der Waals surface area contributed by atoms with Crippen LogP contribution in [0.4, 0.5) is 17.1 Å². The van der Waals surface area contributed by atoms with E-state index >= 15 is 0 Å². The van der Waals surface area contributed by atoms with Crippen LogP contribution >= 0.6 is 0 Å². The second kappa shape index (κ2) is 14.9. The van der Waals surface area contributed by atoms with Crippen LogP contribution in [-0.4, -0.2) is 0 Å². The van der Waals surface area contributed by atoms with Gasteiger partial charge in [0.15, 0.2) is 0 Å².